The highest BCUT2D eigenvalue weighted by atomic mass is 35.5. The van der Waals surface area contributed by atoms with E-state index >= 15 is 0 Å². The Hall–Kier alpha value is -1.77. The van der Waals surface area contributed by atoms with Gasteiger partial charge in [0.15, 0.2) is 0 Å². The summed E-state index contributed by atoms with van der Waals surface area (Å²) in [6.45, 7) is -1.10. The fourth-order valence-electron chi connectivity index (χ4n) is 2.89. The van der Waals surface area contributed by atoms with Gasteiger partial charge in [-0.1, -0.05) is 35.0 Å². The molecule has 256 valence electrons. The Morgan fingerprint density at radius 2 is 1.07 bits per heavy atom. The van der Waals surface area contributed by atoms with Gasteiger partial charge in [0.2, 0.25) is 3.67 Å². The molecule has 0 aliphatic carbocycles. The van der Waals surface area contributed by atoms with Crippen LogP contribution in [0.1, 0.15) is 12.8 Å². The lowest BCUT2D eigenvalue weighted by molar-refractivity contribution is -0.461. The van der Waals surface area contributed by atoms with Crippen molar-refractivity contribution in [3.05, 3.63) is 24.3 Å². The second-order valence-corrected chi connectivity index (χ2v) is 12.0. The Morgan fingerprint density at radius 3 is 1.45 bits per heavy atom. The molecule has 0 bridgehead atoms. The molecule has 0 radical (unpaired) electrons. The highest BCUT2D eigenvalue weighted by molar-refractivity contribution is 8.04. The first-order valence-electron chi connectivity index (χ1n) is 11.0. The van der Waals surface area contributed by atoms with E-state index in [1.165, 1.54) is 26.2 Å². The molecule has 0 spiro atoms. The first-order chi connectivity index (χ1) is 19.3. The largest absolute Gasteiger partial charge is 0.494 e. The summed E-state index contributed by atoms with van der Waals surface area (Å²) < 4.78 is 229. The van der Waals surface area contributed by atoms with Crippen molar-refractivity contribution in [2.45, 2.75) is 69.0 Å². The molecule has 0 saturated heterocycles. The van der Waals surface area contributed by atoms with Gasteiger partial charge in [-0.15, -0.1) is 0 Å². The van der Waals surface area contributed by atoms with Gasteiger partial charge in [0, 0.05) is 25.4 Å². The van der Waals surface area contributed by atoms with Gasteiger partial charge < -0.3 is 9.64 Å². The summed E-state index contributed by atoms with van der Waals surface area (Å²) in [7, 11) is 2.66. The Bertz CT molecular complexity index is 1160. The van der Waals surface area contributed by atoms with E-state index in [-0.39, 0.29) is 10.6 Å². The van der Waals surface area contributed by atoms with E-state index in [4.69, 9.17) is 27.9 Å². The molecule has 0 aliphatic heterocycles. The van der Waals surface area contributed by atoms with Gasteiger partial charge in [0.25, 0.3) is 5.91 Å². The summed E-state index contributed by atoms with van der Waals surface area (Å²) in [6.07, 6.45) is -11.9. The number of halogens is 19. The van der Waals surface area contributed by atoms with Crippen molar-refractivity contribution in [1.82, 2.24) is 4.90 Å². The van der Waals surface area contributed by atoms with Gasteiger partial charge in [-0.2, -0.15) is 74.6 Å². The van der Waals surface area contributed by atoms with Crippen molar-refractivity contribution in [2.75, 3.05) is 20.7 Å². The van der Waals surface area contributed by atoms with E-state index in [1.54, 1.807) is 0 Å². The third-order valence-corrected chi connectivity index (χ3v) is 7.14. The van der Waals surface area contributed by atoms with Crippen LogP contribution in [0, 0.1) is 0 Å². The SMILES string of the molecule is CN(C)[13C](=O)[13C](Cl)(Cl)Sc1ccc(OCCCC(F)(F)C(F)(F)C(F)(F)C(F)(F)C(F)(F)C(F)(F)C(F)(F)C(F)(F)F)cc1. The van der Waals surface area contributed by atoms with Gasteiger partial charge in [0.05, 0.1) is 6.61 Å². The second-order valence-electron chi connectivity index (χ2n) is 8.89. The zero-order chi connectivity index (χ0) is 35.2. The van der Waals surface area contributed by atoms with E-state index in [2.05, 4.69) is 0 Å². The molecule has 3 nitrogen and oxygen atoms in total. The predicted octanol–water partition coefficient (Wildman–Crippen LogP) is 9.17. The molecule has 0 atom stereocenters. The summed E-state index contributed by atoms with van der Waals surface area (Å²) in [5, 5.41) is 0. The molecule has 0 aliphatic rings. The third kappa shape index (κ3) is 6.97. The Kier molecular flexibility index (Phi) is 11.4. The smallest absolute Gasteiger partial charge is 0.460 e. The average Bonchev–Trinajstić information content (AvgIpc) is 2.85. The summed E-state index contributed by atoms with van der Waals surface area (Å²) in [5.74, 6) is -57.6. The first-order valence-corrected chi connectivity index (χ1v) is 12.6. The molecule has 1 aromatic rings. The monoisotopic (exact) mass is 741 g/mol. The first kappa shape index (κ1) is 40.3. The number of amides is 1. The highest BCUT2D eigenvalue weighted by Gasteiger charge is 2.95. The van der Waals surface area contributed by atoms with Crippen molar-refractivity contribution in [2.24, 2.45) is 0 Å². The van der Waals surface area contributed by atoms with Crippen molar-refractivity contribution >= 4 is 40.9 Å². The van der Waals surface area contributed by atoms with E-state index in [0.717, 1.165) is 17.0 Å². The van der Waals surface area contributed by atoms with Crippen LogP contribution < -0.4 is 4.74 Å². The maximum absolute atomic E-state index is 14.0. The molecule has 0 N–H and O–H groups in total. The normalized spacial score (nSPS) is 14.9. The lowest BCUT2D eigenvalue weighted by Crippen LogP contribution is -2.74. The number of hydrogen-bond donors (Lipinski definition) is 0. The zero-order valence-corrected chi connectivity index (χ0v) is 23.6. The number of carbonyl (C=O) groups excluding carboxylic acids is 1. The van der Waals surface area contributed by atoms with Crippen molar-refractivity contribution < 1.29 is 84.2 Å². The van der Waals surface area contributed by atoms with Crippen LogP contribution in [0.2, 0.25) is 0 Å². The number of carbonyl (C=O) groups is 1. The van der Waals surface area contributed by atoms with Crippen LogP contribution in [0.3, 0.4) is 0 Å². The van der Waals surface area contributed by atoms with E-state index in [0.29, 0.717) is 11.8 Å². The molecular weight excluding hydrogens is 726 g/mol. The van der Waals surface area contributed by atoms with Crippen LogP contribution in [0.4, 0.5) is 74.6 Å². The molecule has 1 amide bonds. The van der Waals surface area contributed by atoms with Crippen LogP contribution >= 0.6 is 35.0 Å². The minimum Gasteiger partial charge on any atom is -0.494 e. The minimum absolute atomic E-state index is 0.210. The number of ether oxygens (including phenoxy) is 1. The number of hydrogen-bond acceptors (Lipinski definition) is 3. The molecule has 0 aromatic heterocycles. The van der Waals surface area contributed by atoms with Gasteiger partial charge in [0.1, 0.15) is 5.75 Å². The maximum Gasteiger partial charge on any atom is 0.460 e. The van der Waals surface area contributed by atoms with Crippen molar-refractivity contribution in [1.29, 1.82) is 0 Å². The molecular formula is C21H16Cl2F17NO2S. The Morgan fingerprint density at radius 1 is 0.682 bits per heavy atom. The van der Waals surface area contributed by atoms with Crippen LogP contribution in [0.5, 0.6) is 5.75 Å². The fourth-order valence-corrected chi connectivity index (χ4v) is 4.60. The number of alkyl halides is 19. The maximum atomic E-state index is 14.0. The molecule has 0 heterocycles. The van der Waals surface area contributed by atoms with Crippen molar-refractivity contribution in [3.63, 3.8) is 0 Å². The van der Waals surface area contributed by atoms with Gasteiger partial charge >= 0.3 is 47.6 Å². The number of nitrogens with zero attached hydrogens (tertiary/aromatic N) is 1. The molecule has 23 heteroatoms. The topological polar surface area (TPSA) is 29.5 Å². The molecule has 0 saturated carbocycles. The van der Waals surface area contributed by atoms with Crippen LogP contribution in [0.15, 0.2) is 29.2 Å². The Labute approximate surface area is 249 Å². The standard InChI is InChI=1S/C21H16Cl2F17NO2S/c1-41(2)12(42)14(22,23)44-11-6-4-10(5-7-11)43-9-3-8-13(24,25)15(26,27)16(28,29)17(30,31)18(32,33)19(34,35)20(36,37)21(38,39)40/h4-7H,3,8-9H2,1-2H3/i12+1,14+1. The van der Waals surface area contributed by atoms with Gasteiger partial charge in [-0.25, -0.2) is 0 Å². The van der Waals surface area contributed by atoms with E-state index in [1.807, 2.05) is 0 Å². The summed E-state index contributed by atoms with van der Waals surface area (Å²) in [6, 6.07) is 4.50. The molecule has 0 unspecified atom stereocenters. The second kappa shape index (κ2) is 12.4. The van der Waals surface area contributed by atoms with Gasteiger partial charge in [-0.3, -0.25) is 4.79 Å². The minimum atomic E-state index is -8.66. The molecule has 1 aromatic carbocycles. The summed E-state index contributed by atoms with van der Waals surface area (Å²) >= 11 is 12.4. The summed E-state index contributed by atoms with van der Waals surface area (Å²) in [5.41, 5.74) is 0. The zero-order valence-electron chi connectivity index (χ0n) is 21.3. The van der Waals surface area contributed by atoms with Crippen LogP contribution in [0.25, 0.3) is 0 Å². The number of thioether (sulfide) groups is 1. The quantitative estimate of drug-likeness (QED) is 0.0627. The third-order valence-electron chi connectivity index (χ3n) is 5.42. The van der Waals surface area contributed by atoms with Crippen molar-refractivity contribution in [3.8, 4) is 5.75 Å². The molecule has 1 rings (SSSR count). The molecule has 44 heavy (non-hydrogen) atoms. The number of benzene rings is 1. The predicted molar refractivity (Wildman–Crippen MR) is 121 cm³/mol. The van der Waals surface area contributed by atoms with Crippen LogP contribution in [-0.2, 0) is 4.79 Å². The van der Waals surface area contributed by atoms with E-state index in [9.17, 15) is 79.4 Å². The lowest BCUT2D eigenvalue weighted by Gasteiger charge is -2.42. The van der Waals surface area contributed by atoms with E-state index < -0.39 is 76.7 Å². The molecule has 0 fully saturated rings. The Balaban J connectivity index is 3.07. The highest BCUT2D eigenvalue weighted by Crippen LogP contribution is 2.64. The fraction of sp³-hybridized carbons (Fsp3) is 0.667. The lowest BCUT2D eigenvalue weighted by atomic mass is 9.88. The average molecular weight is 742 g/mol. The summed E-state index contributed by atoms with van der Waals surface area (Å²) in [4.78, 5) is 13.2. The van der Waals surface area contributed by atoms with Crippen LogP contribution in [-0.4, -0.2) is 82.8 Å². The van der Waals surface area contributed by atoms with Gasteiger partial charge in [-0.05, 0) is 30.7 Å². The number of rotatable bonds is 14.